The van der Waals surface area contributed by atoms with Gasteiger partial charge in [-0.15, -0.1) is 0 Å². The maximum Gasteiger partial charge on any atom is 0.306 e. The predicted molar refractivity (Wildman–Crippen MR) is 417 cm³/mol. The van der Waals surface area contributed by atoms with Gasteiger partial charge in [0, 0.05) is 12.8 Å². The lowest BCUT2D eigenvalue weighted by Gasteiger charge is -2.26. The maximum atomic E-state index is 13.0. The molecule has 0 N–H and O–H groups in total. The van der Waals surface area contributed by atoms with Crippen LogP contribution in [0.2, 0.25) is 0 Å². The quantitative estimate of drug-likeness (QED) is 0.0195. The largest absolute Gasteiger partial charge is 0.545 e. The lowest BCUT2D eigenvalue weighted by Crippen LogP contribution is -2.44. The summed E-state index contributed by atoms with van der Waals surface area (Å²) < 4.78 is 22.9. The van der Waals surface area contributed by atoms with Crippen molar-refractivity contribution in [3.05, 3.63) is 109 Å². The Morgan fingerprint density at radius 1 is 0.320 bits per heavy atom. The molecule has 0 aromatic carbocycles. The van der Waals surface area contributed by atoms with E-state index in [2.05, 4.69) is 123 Å². The van der Waals surface area contributed by atoms with Crippen molar-refractivity contribution >= 4 is 17.9 Å². The number of hydrogen-bond donors (Lipinski definition) is 0. The van der Waals surface area contributed by atoms with E-state index in [0.717, 1.165) is 89.9 Å². The van der Waals surface area contributed by atoms with Gasteiger partial charge in [0.25, 0.3) is 0 Å². The molecule has 0 fully saturated rings. The van der Waals surface area contributed by atoms with E-state index in [9.17, 15) is 19.5 Å². The molecule has 0 heterocycles. The number of rotatable bonds is 76. The monoisotopic (exact) mass is 1350 g/mol. The van der Waals surface area contributed by atoms with Crippen LogP contribution in [-0.2, 0) is 33.3 Å². The van der Waals surface area contributed by atoms with Crippen LogP contribution < -0.4 is 5.11 Å². The van der Waals surface area contributed by atoms with E-state index in [1.54, 1.807) is 0 Å². The molecule has 0 saturated heterocycles. The first-order chi connectivity index (χ1) is 47.6. The topological polar surface area (TPSA) is 111 Å². The number of carboxylic acids is 1. The van der Waals surface area contributed by atoms with Gasteiger partial charge in [-0.3, -0.25) is 9.59 Å². The first-order valence-electron chi connectivity index (χ1n) is 41.0. The van der Waals surface area contributed by atoms with E-state index in [1.807, 2.05) is 21.1 Å². The standard InChI is InChI=1S/C88H155NO8/c1-6-8-10-12-14-16-18-20-22-24-26-28-30-32-34-36-38-39-40-41-42-43-44-45-46-47-49-51-53-55-57-59-61-63-65-67-69-71-73-75-77-79-86(91)97-84(83-96-88(87(92)93)94-81-80-89(3,4)5)82-95-85(90)78-76-74-72-70-68-66-64-62-60-58-56-54-52-50-48-37-35-33-31-29-27-25-23-21-19-17-15-13-11-9-7-2/h8,10,14,16,20,22,25-28,32,34,38-39,41-42,44-45,84,88H,6-7,9,11-13,15,17-19,21,23-24,29-31,33,35-37,40,43,46-83H2,1-5H3/b10-8-,16-14-,22-20-,27-25-,28-26-,34-32-,39-38-,42-41-,45-44-. The lowest BCUT2D eigenvalue weighted by molar-refractivity contribution is -0.870. The molecule has 0 bridgehead atoms. The molecule has 0 saturated carbocycles. The fraction of sp³-hybridized carbons (Fsp3) is 0.761. The molecule has 0 aromatic heterocycles. The molecule has 9 heteroatoms. The number of quaternary nitrogens is 1. The van der Waals surface area contributed by atoms with Gasteiger partial charge in [0.05, 0.1) is 40.3 Å². The Labute approximate surface area is 600 Å². The number of esters is 2. The van der Waals surface area contributed by atoms with E-state index in [4.69, 9.17) is 18.9 Å². The number of nitrogens with zero attached hydrogens (tertiary/aromatic N) is 1. The summed E-state index contributed by atoms with van der Waals surface area (Å²) in [5.74, 6) is -2.26. The molecule has 0 aliphatic heterocycles. The number of hydrogen-bond acceptors (Lipinski definition) is 8. The van der Waals surface area contributed by atoms with Crippen LogP contribution in [0.4, 0.5) is 0 Å². The summed E-state index contributed by atoms with van der Waals surface area (Å²) >= 11 is 0. The first-order valence-corrected chi connectivity index (χ1v) is 41.0. The summed E-state index contributed by atoms with van der Waals surface area (Å²) in [6, 6.07) is 0. The summed E-state index contributed by atoms with van der Waals surface area (Å²) in [7, 11) is 5.94. The normalized spacial score (nSPS) is 13.2. The van der Waals surface area contributed by atoms with Crippen molar-refractivity contribution in [3.8, 4) is 0 Å². The molecule has 0 spiro atoms. The number of carboxylic acid groups (broad SMARTS) is 1. The molecule has 2 atom stereocenters. The SMILES string of the molecule is CC/C=C\C/C=C\C/C=C\C/C=C\C/C=C\C/C=C\C/C=C\C/C=C\CCCCCCCCCCCCCCCCCCC(=O)OC(COC(=O)CCCCCCCCCCCCCCCCCCCCC/C=C\CCCCCCCCCC)COC(OCC[N+](C)(C)C)C(=O)[O-]. The van der Waals surface area contributed by atoms with Crippen molar-refractivity contribution in [2.75, 3.05) is 47.5 Å². The number of carbonyl (C=O) groups excluding carboxylic acids is 3. The second-order valence-electron chi connectivity index (χ2n) is 28.7. The van der Waals surface area contributed by atoms with Gasteiger partial charge >= 0.3 is 11.9 Å². The zero-order valence-corrected chi connectivity index (χ0v) is 64.2. The third-order valence-corrected chi connectivity index (χ3v) is 18.0. The average Bonchev–Trinajstić information content (AvgIpc) is 3.27. The maximum absolute atomic E-state index is 13.0. The van der Waals surface area contributed by atoms with Crippen molar-refractivity contribution in [2.45, 2.75) is 386 Å². The Kier molecular flexibility index (Phi) is 74.4. The molecule has 560 valence electrons. The molecule has 97 heavy (non-hydrogen) atoms. The highest BCUT2D eigenvalue weighted by atomic mass is 16.7. The molecular weight excluding hydrogens is 1200 g/mol. The van der Waals surface area contributed by atoms with Crippen molar-refractivity contribution in [2.24, 2.45) is 0 Å². The number of likely N-dealkylation sites (N-methyl/N-ethyl adjacent to an activating group) is 1. The average molecular weight is 1360 g/mol. The molecule has 0 radical (unpaired) electrons. The second-order valence-corrected chi connectivity index (χ2v) is 28.7. The van der Waals surface area contributed by atoms with Gasteiger partial charge < -0.3 is 33.3 Å². The highest BCUT2D eigenvalue weighted by Gasteiger charge is 2.22. The van der Waals surface area contributed by atoms with Gasteiger partial charge in [0.15, 0.2) is 12.4 Å². The van der Waals surface area contributed by atoms with E-state index in [0.29, 0.717) is 23.9 Å². The van der Waals surface area contributed by atoms with Crippen LogP contribution in [-0.4, -0.2) is 82.3 Å². The fourth-order valence-corrected chi connectivity index (χ4v) is 11.8. The van der Waals surface area contributed by atoms with Gasteiger partial charge in [0.2, 0.25) is 0 Å². The number of allylic oxidation sites excluding steroid dienone is 18. The number of carbonyl (C=O) groups is 3. The molecular formula is C88H155NO8. The van der Waals surface area contributed by atoms with Crippen LogP contribution in [0.1, 0.15) is 373 Å². The van der Waals surface area contributed by atoms with Gasteiger partial charge in [-0.05, 0) is 103 Å². The molecule has 0 aliphatic carbocycles. The van der Waals surface area contributed by atoms with Gasteiger partial charge in [-0.2, -0.15) is 0 Å². The predicted octanol–water partition coefficient (Wildman–Crippen LogP) is 25.1. The molecule has 0 amide bonds. The molecule has 0 rings (SSSR count). The van der Waals surface area contributed by atoms with Crippen LogP contribution in [0.5, 0.6) is 0 Å². The summed E-state index contributed by atoms with van der Waals surface area (Å²) in [6.07, 6.45) is 106. The third-order valence-electron chi connectivity index (χ3n) is 18.0. The minimum Gasteiger partial charge on any atom is -0.545 e. The summed E-state index contributed by atoms with van der Waals surface area (Å²) in [5, 5.41) is 11.9. The smallest absolute Gasteiger partial charge is 0.306 e. The summed E-state index contributed by atoms with van der Waals surface area (Å²) in [4.78, 5) is 37.6. The highest BCUT2D eigenvalue weighted by Crippen LogP contribution is 2.19. The van der Waals surface area contributed by atoms with Gasteiger partial charge in [0.1, 0.15) is 13.2 Å². The van der Waals surface area contributed by atoms with E-state index < -0.39 is 24.3 Å². The van der Waals surface area contributed by atoms with Crippen LogP contribution >= 0.6 is 0 Å². The van der Waals surface area contributed by atoms with Crippen LogP contribution in [0.25, 0.3) is 0 Å². The van der Waals surface area contributed by atoms with Crippen LogP contribution in [0, 0.1) is 0 Å². The highest BCUT2D eigenvalue weighted by molar-refractivity contribution is 5.70. The van der Waals surface area contributed by atoms with Crippen molar-refractivity contribution < 1.29 is 42.9 Å². The van der Waals surface area contributed by atoms with E-state index in [-0.39, 0.29) is 32.2 Å². The van der Waals surface area contributed by atoms with Crippen LogP contribution in [0.3, 0.4) is 0 Å². The summed E-state index contributed by atoms with van der Waals surface area (Å²) in [5.41, 5.74) is 0. The lowest BCUT2D eigenvalue weighted by atomic mass is 10.0. The summed E-state index contributed by atoms with van der Waals surface area (Å²) in [6.45, 7) is 4.68. The van der Waals surface area contributed by atoms with Crippen molar-refractivity contribution in [1.29, 1.82) is 0 Å². The second kappa shape index (κ2) is 77.7. The zero-order chi connectivity index (χ0) is 70.4. The molecule has 0 aliphatic rings. The number of unbranched alkanes of at least 4 members (excludes halogenated alkanes) is 43. The van der Waals surface area contributed by atoms with Gasteiger partial charge in [-0.1, -0.05) is 367 Å². The number of aliphatic carboxylic acids is 1. The van der Waals surface area contributed by atoms with E-state index in [1.165, 1.54) is 250 Å². The van der Waals surface area contributed by atoms with E-state index >= 15 is 0 Å². The zero-order valence-electron chi connectivity index (χ0n) is 64.2. The Bertz CT molecular complexity index is 1970. The molecule has 2 unspecified atom stereocenters. The van der Waals surface area contributed by atoms with Gasteiger partial charge in [-0.25, -0.2) is 0 Å². The molecule has 0 aromatic rings. The fourth-order valence-electron chi connectivity index (χ4n) is 11.8. The first kappa shape index (κ1) is 93.0. The van der Waals surface area contributed by atoms with Crippen molar-refractivity contribution in [1.82, 2.24) is 0 Å². The Morgan fingerprint density at radius 2 is 0.588 bits per heavy atom. The van der Waals surface area contributed by atoms with Crippen LogP contribution in [0.15, 0.2) is 109 Å². The third kappa shape index (κ3) is 79.2. The number of ether oxygens (including phenoxy) is 4. The minimum absolute atomic E-state index is 0.147. The van der Waals surface area contributed by atoms with Crippen molar-refractivity contribution in [3.63, 3.8) is 0 Å². The Balaban J connectivity index is 4.01. The minimum atomic E-state index is -1.62. The Morgan fingerprint density at radius 3 is 0.887 bits per heavy atom. The molecule has 9 nitrogen and oxygen atoms in total. The Hall–Kier alpha value is -4.05.